The number of benzene rings is 1. The third-order valence-corrected chi connectivity index (χ3v) is 5.84. The molecule has 0 radical (unpaired) electrons. The minimum atomic E-state index is -0.839. The first-order valence-electron chi connectivity index (χ1n) is 10.1. The van der Waals surface area contributed by atoms with E-state index in [1.54, 1.807) is 38.2 Å². The number of aromatic nitrogens is 5. The fourth-order valence-electron chi connectivity index (χ4n) is 3.90. The Morgan fingerprint density at radius 1 is 1.26 bits per heavy atom. The molecule has 0 saturated carbocycles. The summed E-state index contributed by atoms with van der Waals surface area (Å²) in [6, 6.07) is 6.92. The zero-order valence-corrected chi connectivity index (χ0v) is 19.1. The van der Waals surface area contributed by atoms with E-state index in [0.29, 0.717) is 10.6 Å². The standard InChI is InChI=1S/C22H20ClFN6O4/c1-11(16(13-6-4-5-7-15(13)23)14-9-29(2)28-19(14)24)20-27-17(18(31)22(33)30(20)3)21(32)26-12-8-25-34-10-12/h4-11,16,31H,1-3H3,(H,26,32)/t11-,16-/m0/s1. The maximum Gasteiger partial charge on any atom is 0.296 e. The van der Waals surface area contributed by atoms with Crippen LogP contribution in [0.1, 0.15) is 46.2 Å². The molecule has 0 aliphatic carbocycles. The second-order valence-electron chi connectivity index (χ2n) is 7.74. The lowest BCUT2D eigenvalue weighted by atomic mass is 9.82. The number of rotatable bonds is 6. The van der Waals surface area contributed by atoms with E-state index in [2.05, 4.69) is 25.1 Å². The van der Waals surface area contributed by atoms with Crippen molar-refractivity contribution in [1.82, 2.24) is 24.5 Å². The summed E-state index contributed by atoms with van der Waals surface area (Å²) < 4.78 is 22.0. The molecule has 176 valence electrons. The first-order chi connectivity index (χ1) is 16.2. The number of carbonyl (C=O) groups excluding carboxylic acids is 1. The molecular weight excluding hydrogens is 467 g/mol. The van der Waals surface area contributed by atoms with Gasteiger partial charge < -0.3 is 14.9 Å². The van der Waals surface area contributed by atoms with Crippen molar-refractivity contribution in [3.8, 4) is 5.75 Å². The Labute approximate surface area is 197 Å². The van der Waals surface area contributed by atoms with Gasteiger partial charge in [0.25, 0.3) is 11.5 Å². The number of hydrogen-bond donors (Lipinski definition) is 2. The lowest BCUT2D eigenvalue weighted by Crippen LogP contribution is -2.29. The summed E-state index contributed by atoms with van der Waals surface area (Å²) in [5, 5.41) is 20.5. The fourth-order valence-corrected chi connectivity index (χ4v) is 4.15. The molecule has 4 aromatic rings. The second kappa shape index (κ2) is 9.10. The maximum absolute atomic E-state index is 14.8. The molecule has 0 unspecified atom stereocenters. The summed E-state index contributed by atoms with van der Waals surface area (Å²) in [4.78, 5) is 29.9. The number of aromatic hydroxyl groups is 1. The Hall–Kier alpha value is -3.99. The smallest absolute Gasteiger partial charge is 0.296 e. The fraction of sp³-hybridized carbons (Fsp3) is 0.227. The lowest BCUT2D eigenvalue weighted by molar-refractivity contribution is 0.101. The minimum Gasteiger partial charge on any atom is -0.501 e. The van der Waals surface area contributed by atoms with E-state index in [1.807, 2.05) is 0 Å². The van der Waals surface area contributed by atoms with E-state index in [9.17, 15) is 19.1 Å². The predicted molar refractivity (Wildman–Crippen MR) is 120 cm³/mol. The van der Waals surface area contributed by atoms with E-state index < -0.39 is 40.7 Å². The van der Waals surface area contributed by atoms with Gasteiger partial charge in [-0.3, -0.25) is 18.8 Å². The third kappa shape index (κ3) is 4.17. The molecule has 0 spiro atoms. The Morgan fingerprint density at radius 2 is 2.00 bits per heavy atom. The Bertz CT molecular complexity index is 1420. The summed E-state index contributed by atoms with van der Waals surface area (Å²) in [6.07, 6.45) is 3.95. The van der Waals surface area contributed by atoms with Gasteiger partial charge in [-0.15, -0.1) is 5.10 Å². The molecule has 12 heteroatoms. The van der Waals surface area contributed by atoms with Crippen LogP contribution in [0.15, 0.2) is 52.2 Å². The van der Waals surface area contributed by atoms with E-state index in [4.69, 9.17) is 11.6 Å². The summed E-state index contributed by atoms with van der Waals surface area (Å²) in [5.41, 5.74) is -0.289. The Morgan fingerprint density at radius 3 is 2.62 bits per heavy atom. The van der Waals surface area contributed by atoms with E-state index >= 15 is 0 Å². The molecule has 0 saturated heterocycles. The molecule has 0 aliphatic heterocycles. The van der Waals surface area contributed by atoms with Gasteiger partial charge in [0.15, 0.2) is 5.69 Å². The minimum absolute atomic E-state index is 0.131. The molecule has 0 fully saturated rings. The van der Waals surface area contributed by atoms with Gasteiger partial charge in [0.1, 0.15) is 17.8 Å². The summed E-state index contributed by atoms with van der Waals surface area (Å²) >= 11 is 6.46. The van der Waals surface area contributed by atoms with Crippen molar-refractivity contribution in [3.63, 3.8) is 0 Å². The predicted octanol–water partition coefficient (Wildman–Crippen LogP) is 3.19. The molecule has 1 amide bonds. The number of aryl methyl sites for hydroxylation is 1. The molecule has 3 heterocycles. The quantitative estimate of drug-likeness (QED) is 0.428. The van der Waals surface area contributed by atoms with Crippen molar-refractivity contribution in [2.75, 3.05) is 5.32 Å². The van der Waals surface area contributed by atoms with Crippen LogP contribution in [0.2, 0.25) is 5.02 Å². The molecule has 2 N–H and O–H groups in total. The van der Waals surface area contributed by atoms with Crippen molar-refractivity contribution in [1.29, 1.82) is 0 Å². The monoisotopic (exact) mass is 486 g/mol. The molecular formula is C22H20ClFN6O4. The number of nitrogens with one attached hydrogen (secondary N) is 1. The van der Waals surface area contributed by atoms with Crippen molar-refractivity contribution in [2.45, 2.75) is 18.8 Å². The van der Waals surface area contributed by atoms with Gasteiger partial charge in [-0.25, -0.2) is 4.98 Å². The lowest BCUT2D eigenvalue weighted by Gasteiger charge is -2.26. The van der Waals surface area contributed by atoms with Crippen LogP contribution in [0.25, 0.3) is 0 Å². The summed E-state index contributed by atoms with van der Waals surface area (Å²) in [7, 11) is 2.99. The van der Waals surface area contributed by atoms with Crippen LogP contribution < -0.4 is 10.9 Å². The van der Waals surface area contributed by atoms with Crippen molar-refractivity contribution >= 4 is 23.2 Å². The van der Waals surface area contributed by atoms with Gasteiger partial charge in [-0.05, 0) is 11.6 Å². The van der Waals surface area contributed by atoms with E-state index in [-0.39, 0.29) is 17.1 Å². The highest BCUT2D eigenvalue weighted by atomic mass is 35.5. The van der Waals surface area contributed by atoms with Crippen LogP contribution >= 0.6 is 11.6 Å². The van der Waals surface area contributed by atoms with Crippen LogP contribution in [0, 0.1) is 5.95 Å². The molecule has 0 bridgehead atoms. The van der Waals surface area contributed by atoms with Crippen LogP contribution in [-0.4, -0.2) is 35.5 Å². The van der Waals surface area contributed by atoms with Gasteiger partial charge in [0.2, 0.25) is 11.7 Å². The van der Waals surface area contributed by atoms with Crippen LogP contribution in [0.3, 0.4) is 0 Å². The normalized spacial score (nSPS) is 13.0. The first kappa shape index (κ1) is 23.2. The Balaban J connectivity index is 1.86. The van der Waals surface area contributed by atoms with Crippen LogP contribution in [0.5, 0.6) is 5.75 Å². The largest absolute Gasteiger partial charge is 0.501 e. The number of amides is 1. The van der Waals surface area contributed by atoms with Crippen molar-refractivity contribution in [2.24, 2.45) is 14.1 Å². The molecule has 3 aromatic heterocycles. The molecule has 1 aromatic carbocycles. The van der Waals surface area contributed by atoms with Gasteiger partial charge in [0, 0.05) is 42.7 Å². The second-order valence-corrected chi connectivity index (χ2v) is 8.14. The highest BCUT2D eigenvalue weighted by Crippen LogP contribution is 2.41. The van der Waals surface area contributed by atoms with Crippen LogP contribution in [-0.2, 0) is 14.1 Å². The number of nitrogens with zero attached hydrogens (tertiary/aromatic N) is 5. The average Bonchev–Trinajstić information content (AvgIpc) is 3.42. The van der Waals surface area contributed by atoms with Gasteiger partial charge >= 0.3 is 0 Å². The molecule has 34 heavy (non-hydrogen) atoms. The summed E-state index contributed by atoms with van der Waals surface area (Å²) in [5.74, 6) is -3.61. The maximum atomic E-state index is 14.8. The third-order valence-electron chi connectivity index (χ3n) is 5.50. The zero-order valence-electron chi connectivity index (χ0n) is 18.4. The van der Waals surface area contributed by atoms with E-state index in [0.717, 1.165) is 4.57 Å². The number of hydrogen-bond acceptors (Lipinski definition) is 7. The highest BCUT2D eigenvalue weighted by Gasteiger charge is 2.33. The molecule has 0 aliphatic rings. The zero-order chi connectivity index (χ0) is 24.6. The van der Waals surface area contributed by atoms with Gasteiger partial charge in [-0.1, -0.05) is 41.9 Å². The van der Waals surface area contributed by atoms with Crippen molar-refractivity contribution in [3.05, 3.63) is 86.9 Å². The number of halogens is 2. The average molecular weight is 487 g/mol. The van der Waals surface area contributed by atoms with Crippen LogP contribution in [0.4, 0.5) is 10.1 Å². The Kier molecular flexibility index (Phi) is 6.20. The number of anilines is 1. The summed E-state index contributed by atoms with van der Waals surface area (Å²) in [6.45, 7) is 1.72. The van der Waals surface area contributed by atoms with E-state index in [1.165, 1.54) is 30.4 Å². The van der Waals surface area contributed by atoms with Crippen molar-refractivity contribution < 1.29 is 18.8 Å². The molecule has 10 nitrogen and oxygen atoms in total. The molecule has 4 rings (SSSR count). The first-order valence-corrected chi connectivity index (χ1v) is 10.5. The number of carbonyl (C=O) groups is 1. The SMILES string of the molecule is C[C@H](c1nc(C(=O)Nc2cnoc2)c(O)c(=O)n1C)[C@@H](c1ccccc1Cl)c1cn(C)nc1F. The topological polar surface area (TPSA) is 128 Å². The van der Waals surface area contributed by atoms with Gasteiger partial charge in [-0.2, -0.15) is 4.39 Å². The van der Waals surface area contributed by atoms with Gasteiger partial charge in [0.05, 0.1) is 6.20 Å². The molecule has 2 atom stereocenters. The highest BCUT2D eigenvalue weighted by molar-refractivity contribution is 6.31.